The van der Waals surface area contributed by atoms with E-state index < -0.39 is 11.2 Å². The number of aromatic nitrogens is 1. The van der Waals surface area contributed by atoms with Crippen molar-refractivity contribution in [3.8, 4) is 5.75 Å². The van der Waals surface area contributed by atoms with Gasteiger partial charge in [0.25, 0.3) is 5.91 Å². The summed E-state index contributed by atoms with van der Waals surface area (Å²) >= 11 is 0.555. The fourth-order valence-corrected chi connectivity index (χ4v) is 4.28. The van der Waals surface area contributed by atoms with Crippen LogP contribution in [0.1, 0.15) is 15.4 Å². The molecular weight excluding hydrogens is 403 g/mol. The molecule has 0 bridgehead atoms. The summed E-state index contributed by atoms with van der Waals surface area (Å²) in [6.45, 7) is 2.33. The molecule has 0 aliphatic carbocycles. The molecule has 1 saturated heterocycles. The minimum Gasteiger partial charge on any atom is -0.495 e. The van der Waals surface area contributed by atoms with Crippen LogP contribution in [0, 0.1) is 0 Å². The molecule has 2 heterocycles. The van der Waals surface area contributed by atoms with Gasteiger partial charge in [-0.1, -0.05) is 12.1 Å². The fraction of sp³-hybridized carbons (Fsp3) is 0.300. The number of piperazine rings is 1. The second-order valence-electron chi connectivity index (χ2n) is 6.65. The molecule has 2 aromatic carbocycles. The number of carbonyl (C=O) groups excluding carboxylic acids is 1. The summed E-state index contributed by atoms with van der Waals surface area (Å²) in [5, 5.41) is -0.900. The summed E-state index contributed by atoms with van der Waals surface area (Å²) in [7, 11) is 1.62. The summed E-state index contributed by atoms with van der Waals surface area (Å²) in [6.07, 6.45) is -4.48. The fourth-order valence-electron chi connectivity index (χ4n) is 3.40. The molecule has 152 valence electrons. The first-order valence-electron chi connectivity index (χ1n) is 9.02. The Kier molecular flexibility index (Phi) is 5.08. The number of hydrogen-bond acceptors (Lipinski definition) is 5. The number of rotatable bonds is 3. The van der Waals surface area contributed by atoms with Crippen LogP contribution in [-0.4, -0.2) is 49.1 Å². The normalized spacial score (nSPS) is 15.0. The molecule has 1 amide bonds. The summed E-state index contributed by atoms with van der Waals surface area (Å²) in [6, 6.07) is 12.2. The first kappa shape index (κ1) is 19.5. The number of methoxy groups -OCH3 is 1. The van der Waals surface area contributed by atoms with Crippen molar-refractivity contribution in [2.75, 3.05) is 38.2 Å². The molecule has 1 fully saturated rings. The molecule has 0 unspecified atom stereocenters. The molecule has 0 saturated carbocycles. The Balaban J connectivity index is 1.48. The van der Waals surface area contributed by atoms with Crippen molar-refractivity contribution in [2.24, 2.45) is 0 Å². The van der Waals surface area contributed by atoms with E-state index >= 15 is 0 Å². The highest BCUT2D eigenvalue weighted by Gasteiger charge is 2.35. The third kappa shape index (κ3) is 3.87. The predicted octanol–water partition coefficient (Wildman–Crippen LogP) is 4.29. The molecule has 1 aromatic heterocycles. The zero-order chi connectivity index (χ0) is 20.6. The number of anilines is 1. The van der Waals surface area contributed by atoms with E-state index in [0.29, 0.717) is 47.8 Å². The molecule has 1 aliphatic heterocycles. The Morgan fingerprint density at radius 1 is 1.10 bits per heavy atom. The largest absolute Gasteiger partial charge is 0.495 e. The number of halogens is 3. The van der Waals surface area contributed by atoms with Gasteiger partial charge in [0.2, 0.25) is 0 Å². The molecule has 0 spiro atoms. The van der Waals surface area contributed by atoms with E-state index in [1.54, 1.807) is 12.0 Å². The van der Waals surface area contributed by atoms with E-state index in [1.165, 1.54) is 18.2 Å². The van der Waals surface area contributed by atoms with Gasteiger partial charge in [-0.2, -0.15) is 13.2 Å². The van der Waals surface area contributed by atoms with Gasteiger partial charge >= 0.3 is 6.18 Å². The first-order chi connectivity index (χ1) is 13.9. The van der Waals surface area contributed by atoms with Crippen LogP contribution < -0.4 is 9.64 Å². The van der Waals surface area contributed by atoms with Gasteiger partial charge in [0, 0.05) is 31.7 Å². The molecule has 0 N–H and O–H groups in total. The van der Waals surface area contributed by atoms with Crippen molar-refractivity contribution in [3.05, 3.63) is 53.0 Å². The molecular formula is C20H18F3N3O2S. The van der Waals surface area contributed by atoms with Crippen molar-refractivity contribution in [2.45, 2.75) is 6.18 Å². The van der Waals surface area contributed by atoms with Crippen molar-refractivity contribution in [1.29, 1.82) is 0 Å². The third-order valence-corrected chi connectivity index (χ3v) is 5.93. The molecule has 9 heteroatoms. The number of para-hydroxylation sites is 2. The Bertz CT molecular complexity index is 1040. The number of thiazole rings is 1. The average molecular weight is 421 g/mol. The highest BCUT2D eigenvalue weighted by molar-refractivity contribution is 7.18. The molecule has 3 aromatic rings. The SMILES string of the molecule is COc1ccccc1N1CCN(C(=O)c2ccc3nc(C(F)(F)F)sc3c2)CC1. The highest BCUT2D eigenvalue weighted by Crippen LogP contribution is 2.36. The number of alkyl halides is 3. The number of ether oxygens (including phenoxy) is 1. The van der Waals surface area contributed by atoms with Crippen LogP contribution in [0.5, 0.6) is 5.75 Å². The number of hydrogen-bond donors (Lipinski definition) is 0. The van der Waals surface area contributed by atoms with Crippen LogP contribution in [0.25, 0.3) is 10.2 Å². The second kappa shape index (κ2) is 7.55. The van der Waals surface area contributed by atoms with E-state index in [-0.39, 0.29) is 11.4 Å². The molecule has 4 rings (SSSR count). The second-order valence-corrected chi connectivity index (χ2v) is 7.68. The van der Waals surface area contributed by atoms with E-state index in [9.17, 15) is 18.0 Å². The maximum absolute atomic E-state index is 12.9. The predicted molar refractivity (Wildman–Crippen MR) is 106 cm³/mol. The van der Waals surface area contributed by atoms with Gasteiger partial charge in [0.05, 0.1) is 23.0 Å². The van der Waals surface area contributed by atoms with Gasteiger partial charge in [-0.25, -0.2) is 4.98 Å². The van der Waals surface area contributed by atoms with Crippen LogP contribution in [0.3, 0.4) is 0 Å². The molecule has 0 radical (unpaired) electrons. The average Bonchev–Trinajstić information content (AvgIpc) is 3.17. The van der Waals surface area contributed by atoms with Crippen LogP contribution in [0.15, 0.2) is 42.5 Å². The monoisotopic (exact) mass is 421 g/mol. The van der Waals surface area contributed by atoms with Crippen LogP contribution in [-0.2, 0) is 6.18 Å². The molecule has 1 aliphatic rings. The van der Waals surface area contributed by atoms with Crippen LogP contribution in [0.2, 0.25) is 0 Å². The zero-order valence-electron chi connectivity index (χ0n) is 15.6. The molecule has 5 nitrogen and oxygen atoms in total. The maximum atomic E-state index is 12.9. The van der Waals surface area contributed by atoms with Gasteiger partial charge < -0.3 is 14.5 Å². The topological polar surface area (TPSA) is 45.7 Å². The highest BCUT2D eigenvalue weighted by atomic mass is 32.1. The smallest absolute Gasteiger partial charge is 0.443 e. The zero-order valence-corrected chi connectivity index (χ0v) is 16.4. The van der Waals surface area contributed by atoms with E-state index in [4.69, 9.17) is 4.74 Å². The van der Waals surface area contributed by atoms with Gasteiger partial charge in [-0.15, -0.1) is 11.3 Å². The quantitative estimate of drug-likeness (QED) is 0.633. The van der Waals surface area contributed by atoms with Crippen LogP contribution >= 0.6 is 11.3 Å². The van der Waals surface area contributed by atoms with E-state index in [2.05, 4.69) is 9.88 Å². The summed E-state index contributed by atoms with van der Waals surface area (Å²) < 4.78 is 44.4. The number of amides is 1. The summed E-state index contributed by atoms with van der Waals surface area (Å²) in [5.74, 6) is 0.594. The lowest BCUT2D eigenvalue weighted by Crippen LogP contribution is -2.48. The summed E-state index contributed by atoms with van der Waals surface area (Å²) in [5.41, 5.74) is 1.60. The number of carbonyl (C=O) groups is 1. The van der Waals surface area contributed by atoms with Gasteiger partial charge in [-0.3, -0.25) is 4.79 Å². The van der Waals surface area contributed by atoms with Gasteiger partial charge in [0.15, 0.2) is 5.01 Å². The molecule has 29 heavy (non-hydrogen) atoms. The first-order valence-corrected chi connectivity index (χ1v) is 9.83. The number of fused-ring (bicyclic) bond motifs is 1. The van der Waals surface area contributed by atoms with E-state index in [1.807, 2.05) is 24.3 Å². The maximum Gasteiger partial charge on any atom is 0.443 e. The lowest BCUT2D eigenvalue weighted by atomic mass is 10.1. The summed E-state index contributed by atoms with van der Waals surface area (Å²) in [4.78, 5) is 20.3. The lowest BCUT2D eigenvalue weighted by Gasteiger charge is -2.36. The number of nitrogens with zero attached hydrogens (tertiary/aromatic N) is 3. The lowest BCUT2D eigenvalue weighted by molar-refractivity contribution is -0.137. The standard InChI is InChI=1S/C20H18F3N3O2S/c1-28-16-5-3-2-4-15(16)25-8-10-26(11-9-25)18(27)13-6-7-14-17(12-13)29-19(24-14)20(21,22)23/h2-7,12H,8-11H2,1H3. The van der Waals surface area contributed by atoms with Gasteiger partial charge in [0.1, 0.15) is 5.75 Å². The third-order valence-electron chi connectivity index (χ3n) is 4.87. The van der Waals surface area contributed by atoms with Crippen molar-refractivity contribution >= 4 is 33.1 Å². The number of benzene rings is 2. The van der Waals surface area contributed by atoms with Crippen molar-refractivity contribution in [1.82, 2.24) is 9.88 Å². The van der Waals surface area contributed by atoms with Crippen molar-refractivity contribution < 1.29 is 22.7 Å². The Hall–Kier alpha value is -2.81. The molecule has 0 atom stereocenters. The minimum atomic E-state index is -4.48. The minimum absolute atomic E-state index is 0.187. The Labute approximate surface area is 169 Å². The van der Waals surface area contributed by atoms with Gasteiger partial charge in [-0.05, 0) is 30.3 Å². The van der Waals surface area contributed by atoms with E-state index in [0.717, 1.165) is 11.4 Å². The Morgan fingerprint density at radius 2 is 1.83 bits per heavy atom. The Morgan fingerprint density at radius 3 is 2.52 bits per heavy atom. The van der Waals surface area contributed by atoms with Crippen LogP contribution in [0.4, 0.5) is 18.9 Å². The van der Waals surface area contributed by atoms with Crippen molar-refractivity contribution in [3.63, 3.8) is 0 Å².